The second-order valence-electron chi connectivity index (χ2n) is 5.95. The van der Waals surface area contributed by atoms with E-state index in [1.165, 1.54) is 16.3 Å². The summed E-state index contributed by atoms with van der Waals surface area (Å²) in [5.41, 5.74) is 7.10. The van der Waals surface area contributed by atoms with Crippen LogP contribution in [0.4, 0.5) is 0 Å². The summed E-state index contributed by atoms with van der Waals surface area (Å²) in [7, 11) is 1.68. The third kappa shape index (κ3) is 3.50. The molecule has 0 aliphatic carbocycles. The van der Waals surface area contributed by atoms with Crippen LogP contribution in [-0.2, 0) is 6.42 Å². The SMILES string of the molecule is COc1ccc2cccc(CC(N)=NC(C)(C)C)c2c1. The van der Waals surface area contributed by atoms with Crippen LogP contribution in [0.2, 0.25) is 0 Å². The molecule has 0 amide bonds. The van der Waals surface area contributed by atoms with Crippen molar-refractivity contribution in [2.24, 2.45) is 10.7 Å². The molecule has 0 radical (unpaired) electrons. The summed E-state index contributed by atoms with van der Waals surface area (Å²) in [6.45, 7) is 6.14. The largest absolute Gasteiger partial charge is 0.497 e. The summed E-state index contributed by atoms with van der Waals surface area (Å²) in [6.07, 6.45) is 0.655. The number of hydrogen-bond acceptors (Lipinski definition) is 2. The summed E-state index contributed by atoms with van der Waals surface area (Å²) >= 11 is 0. The van der Waals surface area contributed by atoms with Gasteiger partial charge in [0.1, 0.15) is 5.75 Å². The van der Waals surface area contributed by atoms with E-state index in [0.717, 1.165) is 5.75 Å². The van der Waals surface area contributed by atoms with Crippen molar-refractivity contribution in [3.8, 4) is 5.75 Å². The van der Waals surface area contributed by atoms with Crippen molar-refractivity contribution < 1.29 is 4.74 Å². The quantitative estimate of drug-likeness (QED) is 0.685. The van der Waals surface area contributed by atoms with Crippen LogP contribution in [-0.4, -0.2) is 18.5 Å². The van der Waals surface area contributed by atoms with Gasteiger partial charge in [0.05, 0.1) is 18.5 Å². The number of benzene rings is 2. The van der Waals surface area contributed by atoms with E-state index in [-0.39, 0.29) is 5.54 Å². The van der Waals surface area contributed by atoms with Gasteiger partial charge in [-0.05, 0) is 49.2 Å². The van der Waals surface area contributed by atoms with E-state index in [1.807, 2.05) is 26.8 Å². The molecule has 0 aliphatic rings. The van der Waals surface area contributed by atoms with Gasteiger partial charge >= 0.3 is 0 Å². The maximum Gasteiger partial charge on any atom is 0.119 e. The predicted molar refractivity (Wildman–Crippen MR) is 85.6 cm³/mol. The maximum absolute atomic E-state index is 6.07. The molecule has 0 saturated heterocycles. The molecule has 20 heavy (non-hydrogen) atoms. The van der Waals surface area contributed by atoms with Crippen LogP contribution in [0, 0.1) is 0 Å². The normalized spacial score (nSPS) is 12.7. The lowest BCUT2D eigenvalue weighted by Gasteiger charge is -2.14. The van der Waals surface area contributed by atoms with Crippen LogP contribution in [0.1, 0.15) is 26.3 Å². The molecule has 3 nitrogen and oxygen atoms in total. The number of ether oxygens (including phenoxy) is 1. The number of nitrogens with two attached hydrogens (primary N) is 1. The van der Waals surface area contributed by atoms with Gasteiger partial charge in [0.15, 0.2) is 0 Å². The average molecular weight is 270 g/mol. The molecule has 0 bridgehead atoms. The monoisotopic (exact) mass is 270 g/mol. The number of nitrogens with zero attached hydrogens (tertiary/aromatic N) is 1. The first-order valence-corrected chi connectivity index (χ1v) is 6.79. The van der Waals surface area contributed by atoms with Gasteiger partial charge in [0.25, 0.3) is 0 Å². The highest BCUT2D eigenvalue weighted by Crippen LogP contribution is 2.24. The molecule has 3 heteroatoms. The number of fused-ring (bicyclic) bond motifs is 1. The minimum absolute atomic E-state index is 0.146. The predicted octanol–water partition coefficient (Wildman–Crippen LogP) is 3.55. The van der Waals surface area contributed by atoms with Gasteiger partial charge in [-0.3, -0.25) is 4.99 Å². The van der Waals surface area contributed by atoms with Crippen molar-refractivity contribution in [1.29, 1.82) is 0 Å². The second-order valence-corrected chi connectivity index (χ2v) is 5.95. The van der Waals surface area contributed by atoms with Gasteiger partial charge in [-0.2, -0.15) is 0 Å². The minimum atomic E-state index is -0.146. The molecule has 0 aliphatic heterocycles. The molecule has 0 atom stereocenters. The van der Waals surface area contributed by atoms with E-state index >= 15 is 0 Å². The lowest BCUT2D eigenvalue weighted by atomic mass is 10.0. The summed E-state index contributed by atoms with van der Waals surface area (Å²) in [5.74, 6) is 1.52. The van der Waals surface area contributed by atoms with Gasteiger partial charge in [-0.25, -0.2) is 0 Å². The van der Waals surface area contributed by atoms with E-state index in [4.69, 9.17) is 10.5 Å². The molecule has 0 aromatic heterocycles. The van der Waals surface area contributed by atoms with Crippen LogP contribution in [0.5, 0.6) is 5.75 Å². The first-order chi connectivity index (χ1) is 9.39. The molecule has 2 N–H and O–H groups in total. The number of methoxy groups -OCH3 is 1. The van der Waals surface area contributed by atoms with Crippen LogP contribution in [0.15, 0.2) is 41.4 Å². The minimum Gasteiger partial charge on any atom is -0.497 e. The van der Waals surface area contributed by atoms with E-state index in [9.17, 15) is 0 Å². The molecule has 0 heterocycles. The standard InChI is InChI=1S/C17H22N2O/c1-17(2,3)19-16(18)10-13-7-5-6-12-8-9-14(20-4)11-15(12)13/h5-9,11H,10H2,1-4H3,(H2,18,19). The van der Waals surface area contributed by atoms with Crippen molar-refractivity contribution in [2.75, 3.05) is 7.11 Å². The molecular formula is C17H22N2O. The Kier molecular flexibility index (Phi) is 3.98. The van der Waals surface area contributed by atoms with Gasteiger partial charge in [0.2, 0.25) is 0 Å². The molecular weight excluding hydrogens is 248 g/mol. The van der Waals surface area contributed by atoms with Crippen molar-refractivity contribution >= 4 is 16.6 Å². The van der Waals surface area contributed by atoms with Crippen LogP contribution < -0.4 is 10.5 Å². The summed E-state index contributed by atoms with van der Waals surface area (Å²) < 4.78 is 5.30. The fourth-order valence-corrected chi connectivity index (χ4v) is 2.26. The van der Waals surface area contributed by atoms with Gasteiger partial charge in [0, 0.05) is 6.42 Å². The van der Waals surface area contributed by atoms with E-state index in [0.29, 0.717) is 12.3 Å². The van der Waals surface area contributed by atoms with Crippen molar-refractivity contribution in [3.05, 3.63) is 42.0 Å². The Morgan fingerprint density at radius 1 is 1.20 bits per heavy atom. The van der Waals surface area contributed by atoms with E-state index < -0.39 is 0 Å². The molecule has 2 aromatic carbocycles. The van der Waals surface area contributed by atoms with Gasteiger partial charge in [-0.15, -0.1) is 0 Å². The van der Waals surface area contributed by atoms with E-state index in [2.05, 4.69) is 35.3 Å². The molecule has 2 aromatic rings. The summed E-state index contributed by atoms with van der Waals surface area (Å²) in [5, 5.41) is 2.35. The topological polar surface area (TPSA) is 47.6 Å². The Balaban J connectivity index is 2.41. The maximum atomic E-state index is 6.07. The lowest BCUT2D eigenvalue weighted by Crippen LogP contribution is -2.22. The van der Waals surface area contributed by atoms with Gasteiger partial charge < -0.3 is 10.5 Å². The molecule has 0 spiro atoms. The summed E-state index contributed by atoms with van der Waals surface area (Å²) in [4.78, 5) is 4.52. The molecule has 0 fully saturated rings. The number of hydrogen-bond donors (Lipinski definition) is 1. The van der Waals surface area contributed by atoms with Crippen LogP contribution in [0.3, 0.4) is 0 Å². The first kappa shape index (κ1) is 14.4. The Morgan fingerprint density at radius 3 is 2.60 bits per heavy atom. The lowest BCUT2D eigenvalue weighted by molar-refractivity contribution is 0.415. The molecule has 2 rings (SSSR count). The molecule has 0 unspecified atom stereocenters. The number of rotatable bonds is 3. The summed E-state index contributed by atoms with van der Waals surface area (Å²) in [6, 6.07) is 12.3. The van der Waals surface area contributed by atoms with Crippen LogP contribution in [0.25, 0.3) is 10.8 Å². The van der Waals surface area contributed by atoms with Crippen molar-refractivity contribution in [2.45, 2.75) is 32.7 Å². The van der Waals surface area contributed by atoms with Gasteiger partial charge in [-0.1, -0.05) is 24.3 Å². The fraction of sp³-hybridized carbons (Fsp3) is 0.353. The zero-order chi connectivity index (χ0) is 14.8. The van der Waals surface area contributed by atoms with Crippen molar-refractivity contribution in [1.82, 2.24) is 0 Å². The fourth-order valence-electron chi connectivity index (χ4n) is 2.26. The highest BCUT2D eigenvalue weighted by atomic mass is 16.5. The number of aliphatic imine (C=N–C) groups is 1. The molecule has 0 saturated carbocycles. The van der Waals surface area contributed by atoms with E-state index in [1.54, 1.807) is 7.11 Å². The zero-order valence-electron chi connectivity index (χ0n) is 12.6. The zero-order valence-corrected chi connectivity index (χ0v) is 12.6. The highest BCUT2D eigenvalue weighted by Gasteiger charge is 2.10. The van der Waals surface area contributed by atoms with Crippen molar-refractivity contribution in [3.63, 3.8) is 0 Å². The Bertz CT molecular complexity index is 639. The van der Waals surface area contributed by atoms with Crippen LogP contribution >= 0.6 is 0 Å². The first-order valence-electron chi connectivity index (χ1n) is 6.79. The third-order valence-corrected chi connectivity index (χ3v) is 3.03. The second kappa shape index (κ2) is 5.53. The Morgan fingerprint density at radius 2 is 1.95 bits per heavy atom. The highest BCUT2D eigenvalue weighted by molar-refractivity contribution is 5.92. The Hall–Kier alpha value is -2.03. The number of amidine groups is 1. The Labute approximate surface area is 120 Å². The molecule has 106 valence electrons. The smallest absolute Gasteiger partial charge is 0.119 e. The average Bonchev–Trinajstić information content (AvgIpc) is 2.36. The third-order valence-electron chi connectivity index (χ3n) is 3.03.